The van der Waals surface area contributed by atoms with Crippen molar-refractivity contribution in [3.05, 3.63) is 23.3 Å². The molecule has 0 aromatic carbocycles. The Kier molecular flexibility index (Phi) is 3.99. The van der Waals surface area contributed by atoms with Crippen molar-refractivity contribution in [1.82, 2.24) is 9.97 Å². The molecule has 4 heteroatoms. The zero-order chi connectivity index (χ0) is 12.3. The van der Waals surface area contributed by atoms with E-state index in [-0.39, 0.29) is 5.92 Å². The van der Waals surface area contributed by atoms with Gasteiger partial charge in [-0.15, -0.1) is 0 Å². The Labute approximate surface area is 95.7 Å². The van der Waals surface area contributed by atoms with E-state index >= 15 is 0 Å². The number of aryl methyl sites for hydroxylation is 1. The molecular weight excluding hydrogens is 204 g/mol. The highest BCUT2D eigenvalue weighted by molar-refractivity contribution is 5.75. The first-order chi connectivity index (χ1) is 7.45. The lowest BCUT2D eigenvalue weighted by Gasteiger charge is -2.12. The fraction of sp³-hybridized carbons (Fsp3) is 0.583. The molecule has 0 fully saturated rings. The minimum atomic E-state index is -0.824. The van der Waals surface area contributed by atoms with Crippen LogP contribution in [0.25, 0.3) is 0 Å². The second-order valence-electron chi connectivity index (χ2n) is 4.25. The number of carboxylic acids is 1. The van der Waals surface area contributed by atoms with Gasteiger partial charge in [-0.2, -0.15) is 0 Å². The van der Waals surface area contributed by atoms with Crippen LogP contribution in [0.3, 0.4) is 0 Å². The van der Waals surface area contributed by atoms with Gasteiger partial charge < -0.3 is 5.11 Å². The summed E-state index contributed by atoms with van der Waals surface area (Å²) in [6.45, 7) is 7.72. The molecule has 0 bridgehead atoms. The van der Waals surface area contributed by atoms with Gasteiger partial charge in [0, 0.05) is 11.6 Å². The van der Waals surface area contributed by atoms with Crippen LogP contribution < -0.4 is 0 Å². The predicted molar refractivity (Wildman–Crippen MR) is 61.5 cm³/mol. The first-order valence-electron chi connectivity index (χ1n) is 5.54. The Morgan fingerprint density at radius 1 is 1.44 bits per heavy atom. The third-order valence-electron chi connectivity index (χ3n) is 2.47. The first kappa shape index (κ1) is 12.6. The fourth-order valence-corrected chi connectivity index (χ4v) is 1.56. The number of aliphatic carboxylic acids is 1. The molecule has 0 spiro atoms. The molecule has 0 aliphatic carbocycles. The van der Waals surface area contributed by atoms with Crippen molar-refractivity contribution in [3.63, 3.8) is 0 Å². The summed E-state index contributed by atoms with van der Waals surface area (Å²) in [5, 5.41) is 9.09. The summed E-state index contributed by atoms with van der Waals surface area (Å²) in [5.41, 5.74) is 1.44. The molecule has 0 aliphatic heterocycles. The van der Waals surface area contributed by atoms with Gasteiger partial charge in [0.25, 0.3) is 0 Å². The van der Waals surface area contributed by atoms with E-state index in [1.54, 1.807) is 6.07 Å². The summed E-state index contributed by atoms with van der Waals surface area (Å²) in [6.07, 6.45) is 0.545. The Morgan fingerprint density at radius 2 is 2.06 bits per heavy atom. The number of hydrogen-bond acceptors (Lipinski definition) is 3. The molecule has 1 heterocycles. The minimum Gasteiger partial charge on any atom is -0.481 e. The molecule has 1 N–H and O–H groups in total. The van der Waals surface area contributed by atoms with Crippen molar-refractivity contribution in [3.8, 4) is 0 Å². The van der Waals surface area contributed by atoms with Gasteiger partial charge in [0.15, 0.2) is 0 Å². The number of carboxylic acid groups (broad SMARTS) is 1. The van der Waals surface area contributed by atoms with E-state index < -0.39 is 11.9 Å². The molecule has 0 aliphatic rings. The summed E-state index contributed by atoms with van der Waals surface area (Å²) in [7, 11) is 0. The van der Waals surface area contributed by atoms with E-state index in [1.807, 2.05) is 27.7 Å². The van der Waals surface area contributed by atoms with E-state index in [2.05, 4.69) is 9.97 Å². The quantitative estimate of drug-likeness (QED) is 0.850. The van der Waals surface area contributed by atoms with Crippen LogP contribution in [0.2, 0.25) is 0 Å². The van der Waals surface area contributed by atoms with Gasteiger partial charge in [-0.05, 0) is 19.4 Å². The maximum atomic E-state index is 11.1. The van der Waals surface area contributed by atoms with Gasteiger partial charge in [0.05, 0.1) is 11.6 Å². The van der Waals surface area contributed by atoms with Crippen LogP contribution in [0.5, 0.6) is 0 Å². The zero-order valence-corrected chi connectivity index (χ0v) is 10.2. The van der Waals surface area contributed by atoms with E-state index in [0.29, 0.717) is 12.1 Å². The summed E-state index contributed by atoms with van der Waals surface area (Å²) >= 11 is 0. The van der Waals surface area contributed by atoms with Crippen LogP contribution in [-0.2, 0) is 4.79 Å². The Balaban J connectivity index is 3.17. The number of carbonyl (C=O) groups is 1. The summed E-state index contributed by atoms with van der Waals surface area (Å²) < 4.78 is 0. The average Bonchev–Trinajstić information content (AvgIpc) is 2.17. The largest absolute Gasteiger partial charge is 0.481 e. The van der Waals surface area contributed by atoms with Crippen LogP contribution in [0.4, 0.5) is 0 Å². The Hall–Kier alpha value is -1.45. The highest BCUT2D eigenvalue weighted by Crippen LogP contribution is 2.20. The number of nitrogens with zero attached hydrogens (tertiary/aromatic N) is 2. The summed E-state index contributed by atoms with van der Waals surface area (Å²) in [4.78, 5) is 19.7. The van der Waals surface area contributed by atoms with Crippen molar-refractivity contribution in [2.24, 2.45) is 0 Å². The number of aromatic nitrogens is 2. The van der Waals surface area contributed by atoms with Crippen molar-refractivity contribution in [2.45, 2.75) is 46.0 Å². The summed E-state index contributed by atoms with van der Waals surface area (Å²) in [6, 6.07) is 1.76. The van der Waals surface area contributed by atoms with Crippen molar-refractivity contribution < 1.29 is 9.90 Å². The van der Waals surface area contributed by atoms with Gasteiger partial charge in [0.1, 0.15) is 5.82 Å². The van der Waals surface area contributed by atoms with Gasteiger partial charge >= 0.3 is 5.97 Å². The molecular formula is C12H18N2O2. The maximum Gasteiger partial charge on any atom is 0.312 e. The zero-order valence-electron chi connectivity index (χ0n) is 10.2. The third kappa shape index (κ3) is 2.78. The molecule has 1 rings (SSSR count). The van der Waals surface area contributed by atoms with Gasteiger partial charge in [-0.1, -0.05) is 20.8 Å². The number of hydrogen-bond donors (Lipinski definition) is 1. The average molecular weight is 222 g/mol. The molecule has 1 aromatic rings. The molecule has 0 saturated heterocycles. The topological polar surface area (TPSA) is 63.1 Å². The van der Waals surface area contributed by atoms with Gasteiger partial charge in [-0.3, -0.25) is 4.79 Å². The molecule has 1 unspecified atom stereocenters. The molecule has 0 amide bonds. The third-order valence-corrected chi connectivity index (χ3v) is 2.47. The summed E-state index contributed by atoms with van der Waals surface area (Å²) in [5.74, 6) is -0.422. The molecule has 1 atom stereocenters. The SMILES string of the molecule is CCC(C(=O)O)c1cc(C)nc(C(C)C)n1. The first-order valence-corrected chi connectivity index (χ1v) is 5.54. The van der Waals surface area contributed by atoms with Gasteiger partial charge in [0.2, 0.25) is 0 Å². The van der Waals surface area contributed by atoms with Crippen LogP contribution >= 0.6 is 0 Å². The van der Waals surface area contributed by atoms with Crippen molar-refractivity contribution >= 4 is 5.97 Å². The molecule has 4 nitrogen and oxygen atoms in total. The minimum absolute atomic E-state index is 0.213. The van der Waals surface area contributed by atoms with Crippen LogP contribution in [0.15, 0.2) is 6.07 Å². The molecule has 0 radical (unpaired) electrons. The molecule has 88 valence electrons. The van der Waals surface area contributed by atoms with Gasteiger partial charge in [-0.25, -0.2) is 9.97 Å². The standard InChI is InChI=1S/C12H18N2O2/c1-5-9(12(15)16)10-6-8(4)13-11(14-10)7(2)3/h6-7,9H,5H2,1-4H3,(H,15,16). The van der Waals surface area contributed by atoms with Crippen molar-refractivity contribution in [1.29, 1.82) is 0 Å². The highest BCUT2D eigenvalue weighted by Gasteiger charge is 2.20. The fourth-order valence-electron chi connectivity index (χ4n) is 1.56. The number of rotatable bonds is 4. The predicted octanol–water partition coefficient (Wildman–Crippen LogP) is 2.49. The molecule has 0 saturated carbocycles. The van der Waals surface area contributed by atoms with Crippen LogP contribution in [0.1, 0.15) is 56.2 Å². The Bertz CT molecular complexity index is 389. The lowest BCUT2D eigenvalue weighted by molar-refractivity contribution is -0.138. The van der Waals surface area contributed by atoms with E-state index in [1.165, 1.54) is 0 Å². The lowest BCUT2D eigenvalue weighted by Crippen LogP contribution is -2.14. The molecule has 1 aromatic heterocycles. The normalized spacial score (nSPS) is 12.8. The van der Waals surface area contributed by atoms with Crippen LogP contribution in [-0.4, -0.2) is 21.0 Å². The lowest BCUT2D eigenvalue weighted by atomic mass is 10.0. The van der Waals surface area contributed by atoms with E-state index in [9.17, 15) is 4.79 Å². The highest BCUT2D eigenvalue weighted by atomic mass is 16.4. The van der Waals surface area contributed by atoms with E-state index in [0.717, 1.165) is 11.5 Å². The van der Waals surface area contributed by atoms with Crippen molar-refractivity contribution in [2.75, 3.05) is 0 Å². The molecule has 16 heavy (non-hydrogen) atoms. The monoisotopic (exact) mass is 222 g/mol. The maximum absolute atomic E-state index is 11.1. The van der Waals surface area contributed by atoms with E-state index in [4.69, 9.17) is 5.11 Å². The van der Waals surface area contributed by atoms with Crippen LogP contribution in [0, 0.1) is 6.92 Å². The second-order valence-corrected chi connectivity index (χ2v) is 4.25. The Morgan fingerprint density at radius 3 is 2.50 bits per heavy atom. The second kappa shape index (κ2) is 5.05. The smallest absolute Gasteiger partial charge is 0.312 e.